The Hall–Kier alpha value is -2.62. The molecule has 0 amide bonds. The molecular formula is C15H12O4. The van der Waals surface area contributed by atoms with E-state index in [-0.39, 0.29) is 17.6 Å². The van der Waals surface area contributed by atoms with Gasteiger partial charge in [0, 0.05) is 12.0 Å². The monoisotopic (exact) mass is 256 g/mol. The van der Waals surface area contributed by atoms with Crippen LogP contribution in [0.1, 0.15) is 15.9 Å². The number of carboxylic acid groups (broad SMARTS) is 2. The fourth-order valence-corrected chi connectivity index (χ4v) is 1.94. The maximum atomic E-state index is 11.2. The lowest BCUT2D eigenvalue weighted by molar-refractivity contribution is -0.132. The molecule has 4 nitrogen and oxygen atoms in total. The Morgan fingerprint density at radius 1 is 1.05 bits per heavy atom. The van der Waals surface area contributed by atoms with Gasteiger partial charge in [0.25, 0.3) is 0 Å². The lowest BCUT2D eigenvalue weighted by atomic mass is 9.96. The van der Waals surface area contributed by atoms with Crippen LogP contribution in [0.4, 0.5) is 0 Å². The molecule has 4 heteroatoms. The first-order chi connectivity index (χ1) is 8.99. The fourth-order valence-electron chi connectivity index (χ4n) is 1.94. The molecule has 0 saturated carbocycles. The average Bonchev–Trinajstić information content (AvgIpc) is 2.37. The molecule has 0 aliphatic carbocycles. The standard InChI is InChI=1S/C15H12O4/c1-9(14(16)17)6-12-7-10-4-2-3-5-11(10)8-13(12)15(18)19/h2-5,7-8H,1,6H2,(H,16,17)(H,18,19). The molecule has 0 radical (unpaired) electrons. The Labute approximate surface area is 109 Å². The van der Waals surface area contributed by atoms with E-state index in [4.69, 9.17) is 5.11 Å². The second kappa shape index (κ2) is 4.94. The highest BCUT2D eigenvalue weighted by atomic mass is 16.4. The van der Waals surface area contributed by atoms with Crippen LogP contribution in [0, 0.1) is 0 Å². The third-order valence-electron chi connectivity index (χ3n) is 2.91. The largest absolute Gasteiger partial charge is 0.478 e. The molecule has 0 bridgehead atoms. The van der Waals surface area contributed by atoms with Crippen molar-refractivity contribution in [3.8, 4) is 0 Å². The van der Waals surface area contributed by atoms with E-state index < -0.39 is 11.9 Å². The van der Waals surface area contributed by atoms with Crippen molar-refractivity contribution >= 4 is 22.7 Å². The zero-order valence-corrected chi connectivity index (χ0v) is 10.1. The first kappa shape index (κ1) is 12.8. The predicted octanol–water partition coefficient (Wildman–Crippen LogP) is 2.72. The van der Waals surface area contributed by atoms with Gasteiger partial charge in [-0.05, 0) is 28.5 Å². The summed E-state index contributed by atoms with van der Waals surface area (Å²) in [5, 5.41) is 19.7. The minimum Gasteiger partial charge on any atom is -0.478 e. The quantitative estimate of drug-likeness (QED) is 0.825. The van der Waals surface area contributed by atoms with E-state index in [0.29, 0.717) is 5.56 Å². The smallest absolute Gasteiger partial charge is 0.335 e. The third kappa shape index (κ3) is 2.63. The van der Waals surface area contributed by atoms with Gasteiger partial charge in [0.1, 0.15) is 0 Å². The van der Waals surface area contributed by atoms with Crippen LogP contribution in [-0.4, -0.2) is 22.2 Å². The van der Waals surface area contributed by atoms with Gasteiger partial charge in [-0.1, -0.05) is 30.8 Å². The molecule has 2 aromatic carbocycles. The van der Waals surface area contributed by atoms with Crippen molar-refractivity contribution in [3.63, 3.8) is 0 Å². The van der Waals surface area contributed by atoms with Crippen LogP contribution in [-0.2, 0) is 11.2 Å². The number of benzene rings is 2. The van der Waals surface area contributed by atoms with Gasteiger partial charge in [-0.3, -0.25) is 0 Å². The number of fused-ring (bicyclic) bond motifs is 1. The molecule has 2 aromatic rings. The lowest BCUT2D eigenvalue weighted by Crippen LogP contribution is -2.07. The maximum Gasteiger partial charge on any atom is 0.335 e. The molecule has 0 unspecified atom stereocenters. The Morgan fingerprint density at radius 2 is 1.63 bits per heavy atom. The van der Waals surface area contributed by atoms with Crippen molar-refractivity contribution in [3.05, 3.63) is 59.7 Å². The van der Waals surface area contributed by atoms with Gasteiger partial charge >= 0.3 is 11.9 Å². The normalized spacial score (nSPS) is 10.3. The van der Waals surface area contributed by atoms with Crippen molar-refractivity contribution in [2.45, 2.75) is 6.42 Å². The highest BCUT2D eigenvalue weighted by Gasteiger charge is 2.14. The van der Waals surface area contributed by atoms with Gasteiger partial charge in [0.05, 0.1) is 5.56 Å². The highest BCUT2D eigenvalue weighted by Crippen LogP contribution is 2.22. The average molecular weight is 256 g/mol. The number of rotatable bonds is 4. The van der Waals surface area contributed by atoms with Gasteiger partial charge in [0.15, 0.2) is 0 Å². The molecule has 0 saturated heterocycles. The molecule has 0 fully saturated rings. The van der Waals surface area contributed by atoms with Gasteiger partial charge in [-0.25, -0.2) is 9.59 Å². The van der Waals surface area contributed by atoms with Gasteiger partial charge in [-0.15, -0.1) is 0 Å². The van der Waals surface area contributed by atoms with Crippen molar-refractivity contribution in [2.24, 2.45) is 0 Å². The summed E-state index contributed by atoms with van der Waals surface area (Å²) in [4.78, 5) is 22.0. The number of aromatic carboxylic acids is 1. The summed E-state index contributed by atoms with van der Waals surface area (Å²) in [6.07, 6.45) is 0.0157. The predicted molar refractivity (Wildman–Crippen MR) is 71.4 cm³/mol. The van der Waals surface area contributed by atoms with Crippen molar-refractivity contribution < 1.29 is 19.8 Å². The van der Waals surface area contributed by atoms with E-state index in [1.807, 2.05) is 24.3 Å². The first-order valence-electron chi connectivity index (χ1n) is 5.65. The van der Waals surface area contributed by atoms with E-state index in [2.05, 4.69) is 6.58 Å². The molecular weight excluding hydrogens is 244 g/mol. The van der Waals surface area contributed by atoms with E-state index in [0.717, 1.165) is 10.8 Å². The molecule has 0 heterocycles. The number of hydrogen-bond donors (Lipinski definition) is 2. The summed E-state index contributed by atoms with van der Waals surface area (Å²) in [5.41, 5.74) is 0.539. The minimum absolute atomic E-state index is 0.0157. The van der Waals surface area contributed by atoms with E-state index >= 15 is 0 Å². The number of carboxylic acids is 2. The summed E-state index contributed by atoms with van der Waals surface area (Å²) >= 11 is 0. The second-order valence-corrected chi connectivity index (χ2v) is 4.25. The second-order valence-electron chi connectivity index (χ2n) is 4.25. The van der Waals surface area contributed by atoms with E-state index in [9.17, 15) is 14.7 Å². The maximum absolute atomic E-state index is 11.2. The van der Waals surface area contributed by atoms with Crippen LogP contribution >= 0.6 is 0 Å². The Balaban J connectivity index is 2.56. The first-order valence-corrected chi connectivity index (χ1v) is 5.65. The molecule has 0 aliphatic heterocycles. The molecule has 0 atom stereocenters. The molecule has 19 heavy (non-hydrogen) atoms. The van der Waals surface area contributed by atoms with Gasteiger partial charge < -0.3 is 10.2 Å². The number of hydrogen-bond acceptors (Lipinski definition) is 2. The number of aliphatic carboxylic acids is 1. The summed E-state index contributed by atoms with van der Waals surface area (Å²) in [6, 6.07) is 10.6. The molecule has 0 aliphatic rings. The number of carbonyl (C=O) groups is 2. The van der Waals surface area contributed by atoms with Crippen molar-refractivity contribution in [1.29, 1.82) is 0 Å². The molecule has 96 valence electrons. The van der Waals surface area contributed by atoms with Crippen LogP contribution < -0.4 is 0 Å². The van der Waals surface area contributed by atoms with Gasteiger partial charge in [-0.2, -0.15) is 0 Å². The van der Waals surface area contributed by atoms with Crippen LogP contribution in [0.5, 0.6) is 0 Å². The SMILES string of the molecule is C=C(Cc1cc2ccccc2cc1C(=O)O)C(=O)O. The Kier molecular flexibility index (Phi) is 3.33. The summed E-state index contributed by atoms with van der Waals surface area (Å²) < 4.78 is 0. The van der Waals surface area contributed by atoms with Crippen LogP contribution in [0.25, 0.3) is 10.8 Å². The Morgan fingerprint density at radius 3 is 2.16 bits per heavy atom. The molecule has 0 aromatic heterocycles. The van der Waals surface area contributed by atoms with Crippen LogP contribution in [0.2, 0.25) is 0 Å². The van der Waals surface area contributed by atoms with Gasteiger partial charge in [0.2, 0.25) is 0 Å². The van der Waals surface area contributed by atoms with E-state index in [1.54, 1.807) is 12.1 Å². The molecule has 2 N–H and O–H groups in total. The molecule has 2 rings (SSSR count). The van der Waals surface area contributed by atoms with Crippen LogP contribution in [0.15, 0.2) is 48.6 Å². The van der Waals surface area contributed by atoms with Crippen LogP contribution in [0.3, 0.4) is 0 Å². The fraction of sp³-hybridized carbons (Fsp3) is 0.0667. The van der Waals surface area contributed by atoms with Crippen molar-refractivity contribution in [2.75, 3.05) is 0 Å². The van der Waals surface area contributed by atoms with E-state index in [1.165, 1.54) is 0 Å². The summed E-state index contributed by atoms with van der Waals surface area (Å²) in [6.45, 7) is 3.44. The zero-order chi connectivity index (χ0) is 14.0. The minimum atomic E-state index is -1.12. The summed E-state index contributed by atoms with van der Waals surface area (Å²) in [7, 11) is 0. The summed E-state index contributed by atoms with van der Waals surface area (Å²) in [5.74, 6) is -2.19. The molecule has 0 spiro atoms. The third-order valence-corrected chi connectivity index (χ3v) is 2.91. The zero-order valence-electron chi connectivity index (χ0n) is 10.1. The van der Waals surface area contributed by atoms with Crippen molar-refractivity contribution in [1.82, 2.24) is 0 Å². The highest BCUT2D eigenvalue weighted by molar-refractivity contribution is 5.97. The Bertz CT molecular complexity index is 686. The lowest BCUT2D eigenvalue weighted by Gasteiger charge is -2.08. The topological polar surface area (TPSA) is 74.6 Å².